The Morgan fingerprint density at radius 1 is 1.18 bits per heavy atom. The molecule has 2 N–H and O–H groups in total. The number of piperidine rings is 1. The highest BCUT2D eigenvalue weighted by molar-refractivity contribution is 6.11. The fourth-order valence-electron chi connectivity index (χ4n) is 4.54. The van der Waals surface area contributed by atoms with Crippen molar-refractivity contribution in [3.63, 3.8) is 0 Å². The van der Waals surface area contributed by atoms with Crippen molar-refractivity contribution in [1.29, 1.82) is 0 Å². The number of amides is 1. The number of esters is 1. The smallest absolute Gasteiger partial charge is 0.356 e. The quantitative estimate of drug-likeness (QED) is 0.508. The van der Waals surface area contributed by atoms with Gasteiger partial charge in [-0.1, -0.05) is 30.3 Å². The molecule has 1 fully saturated rings. The Balaban J connectivity index is 1.44. The van der Waals surface area contributed by atoms with Crippen molar-refractivity contribution in [1.82, 2.24) is 9.88 Å². The summed E-state index contributed by atoms with van der Waals surface area (Å²) in [5.74, 6) is -0.655. The van der Waals surface area contributed by atoms with Gasteiger partial charge in [0.2, 0.25) is 5.91 Å². The van der Waals surface area contributed by atoms with Gasteiger partial charge in [0.25, 0.3) is 0 Å². The molecule has 1 atom stereocenters. The van der Waals surface area contributed by atoms with Gasteiger partial charge in [0.15, 0.2) is 0 Å². The first kappa shape index (κ1) is 23.0. The molecular weight excluding hydrogens is 421 g/mol. The number of aromatic amines is 1. The molecule has 0 radical (unpaired) electrons. The average molecular weight is 452 g/mol. The second-order valence-electron chi connectivity index (χ2n) is 8.62. The summed E-state index contributed by atoms with van der Waals surface area (Å²) in [6.07, 6.45) is 3.11. The number of nitrogens with zero attached hydrogens (tertiary/aromatic N) is 1. The highest BCUT2D eigenvalue weighted by Gasteiger charge is 2.29. The van der Waals surface area contributed by atoms with Crippen molar-refractivity contribution in [2.24, 2.45) is 5.92 Å². The maximum absolute atomic E-state index is 13.9. The number of halogens is 1. The van der Waals surface area contributed by atoms with Gasteiger partial charge in [0.1, 0.15) is 11.5 Å². The van der Waals surface area contributed by atoms with E-state index >= 15 is 0 Å². The predicted octanol–water partition coefficient (Wildman–Crippen LogP) is 4.77. The van der Waals surface area contributed by atoms with E-state index in [1.165, 1.54) is 17.7 Å². The molecule has 1 amide bonds. The minimum absolute atomic E-state index is 0.125. The third-order valence-corrected chi connectivity index (χ3v) is 6.43. The Kier molecular flexibility index (Phi) is 7.08. The number of rotatable bonds is 7. The lowest BCUT2D eigenvalue weighted by molar-refractivity contribution is -0.121. The lowest BCUT2D eigenvalue weighted by Gasteiger charge is -2.35. The zero-order valence-corrected chi connectivity index (χ0v) is 19.1. The highest BCUT2D eigenvalue weighted by atomic mass is 19.1. The summed E-state index contributed by atoms with van der Waals surface area (Å²) >= 11 is 0. The minimum Gasteiger partial charge on any atom is -0.461 e. The summed E-state index contributed by atoms with van der Waals surface area (Å²) in [5, 5.41) is 3.31. The number of hydrogen-bond donors (Lipinski definition) is 2. The van der Waals surface area contributed by atoms with Crippen LogP contribution in [0.4, 0.5) is 10.1 Å². The molecule has 174 valence electrons. The molecular formula is C26H30FN3O3. The largest absolute Gasteiger partial charge is 0.461 e. The topological polar surface area (TPSA) is 74.4 Å². The first-order chi connectivity index (χ1) is 16.0. The van der Waals surface area contributed by atoms with Crippen LogP contribution in [0.1, 0.15) is 42.7 Å². The molecule has 2 aromatic carbocycles. The summed E-state index contributed by atoms with van der Waals surface area (Å²) in [7, 11) is 0. The van der Waals surface area contributed by atoms with Crippen LogP contribution in [0.15, 0.2) is 48.5 Å². The van der Waals surface area contributed by atoms with Gasteiger partial charge in [-0.15, -0.1) is 0 Å². The lowest BCUT2D eigenvalue weighted by Crippen LogP contribution is -2.46. The fraction of sp³-hybridized carbons (Fsp3) is 0.385. The van der Waals surface area contributed by atoms with Crippen LogP contribution < -0.4 is 5.32 Å². The van der Waals surface area contributed by atoms with Crippen molar-refractivity contribution >= 4 is 28.5 Å². The molecule has 4 rings (SSSR count). The van der Waals surface area contributed by atoms with E-state index in [9.17, 15) is 14.0 Å². The van der Waals surface area contributed by atoms with Crippen LogP contribution in [-0.2, 0) is 16.0 Å². The van der Waals surface area contributed by atoms with Crippen molar-refractivity contribution in [3.05, 3.63) is 65.6 Å². The summed E-state index contributed by atoms with van der Waals surface area (Å²) in [5.41, 5.74) is 2.29. The van der Waals surface area contributed by atoms with Gasteiger partial charge >= 0.3 is 5.97 Å². The van der Waals surface area contributed by atoms with E-state index < -0.39 is 11.8 Å². The first-order valence-corrected chi connectivity index (χ1v) is 11.5. The number of anilines is 1. The number of ether oxygens (including phenoxy) is 1. The molecule has 33 heavy (non-hydrogen) atoms. The summed E-state index contributed by atoms with van der Waals surface area (Å²) in [4.78, 5) is 30.7. The SMILES string of the molecule is CCOC(=O)c1[nH]c2ccc(F)cc2c1NC(=O)[C@@H](C)N1CCC(Cc2ccccc2)CC1. The van der Waals surface area contributed by atoms with Crippen molar-refractivity contribution in [3.8, 4) is 0 Å². The van der Waals surface area contributed by atoms with Crippen molar-refractivity contribution < 1.29 is 18.7 Å². The molecule has 1 aromatic heterocycles. The lowest BCUT2D eigenvalue weighted by atomic mass is 9.89. The van der Waals surface area contributed by atoms with E-state index in [0.29, 0.717) is 16.8 Å². The zero-order valence-electron chi connectivity index (χ0n) is 19.1. The second-order valence-corrected chi connectivity index (χ2v) is 8.62. The van der Waals surface area contributed by atoms with E-state index in [-0.39, 0.29) is 29.9 Å². The molecule has 0 aliphatic carbocycles. The van der Waals surface area contributed by atoms with Gasteiger partial charge in [0, 0.05) is 10.9 Å². The Morgan fingerprint density at radius 3 is 2.61 bits per heavy atom. The van der Waals surface area contributed by atoms with Crippen LogP contribution in [0.5, 0.6) is 0 Å². The van der Waals surface area contributed by atoms with E-state index in [1.807, 2.05) is 13.0 Å². The number of fused-ring (bicyclic) bond motifs is 1. The van der Waals surface area contributed by atoms with Gasteiger partial charge in [0.05, 0.1) is 18.3 Å². The molecule has 0 unspecified atom stereocenters. The Bertz CT molecular complexity index is 1120. The summed E-state index contributed by atoms with van der Waals surface area (Å²) in [6, 6.07) is 14.3. The van der Waals surface area contributed by atoms with Gasteiger partial charge in [-0.05, 0) is 75.9 Å². The van der Waals surface area contributed by atoms with Crippen LogP contribution in [0.2, 0.25) is 0 Å². The van der Waals surface area contributed by atoms with Crippen molar-refractivity contribution in [2.75, 3.05) is 25.0 Å². The highest BCUT2D eigenvalue weighted by Crippen LogP contribution is 2.30. The Hall–Kier alpha value is -3.19. The number of hydrogen-bond acceptors (Lipinski definition) is 4. The van der Waals surface area contributed by atoms with Gasteiger partial charge < -0.3 is 15.0 Å². The standard InChI is InChI=1S/C26H30FN3O3/c1-3-33-26(32)24-23(21-16-20(27)9-10-22(21)28-24)29-25(31)17(2)30-13-11-19(12-14-30)15-18-7-5-4-6-8-18/h4-10,16-17,19,28H,3,11-15H2,1-2H3,(H,29,31)/t17-/m1/s1. The second kappa shape index (κ2) is 10.2. The van der Waals surface area contributed by atoms with E-state index in [0.717, 1.165) is 32.4 Å². The van der Waals surface area contributed by atoms with Crippen LogP contribution in [0, 0.1) is 11.7 Å². The van der Waals surface area contributed by atoms with Crippen LogP contribution in [-0.4, -0.2) is 47.5 Å². The summed E-state index contributed by atoms with van der Waals surface area (Å²) in [6.45, 7) is 5.44. The number of carbonyl (C=O) groups is 2. The molecule has 0 bridgehead atoms. The number of likely N-dealkylation sites (tertiary alicyclic amines) is 1. The van der Waals surface area contributed by atoms with Crippen LogP contribution in [0.25, 0.3) is 10.9 Å². The fourth-order valence-corrected chi connectivity index (χ4v) is 4.54. The number of nitrogens with one attached hydrogen (secondary N) is 2. The van der Waals surface area contributed by atoms with Gasteiger partial charge in [-0.2, -0.15) is 0 Å². The number of benzene rings is 2. The maximum atomic E-state index is 13.9. The van der Waals surface area contributed by atoms with Crippen LogP contribution in [0.3, 0.4) is 0 Å². The van der Waals surface area contributed by atoms with Crippen LogP contribution >= 0.6 is 0 Å². The molecule has 2 heterocycles. The molecule has 0 saturated carbocycles. The number of aromatic nitrogens is 1. The molecule has 1 aliphatic heterocycles. The average Bonchev–Trinajstić information content (AvgIpc) is 3.17. The minimum atomic E-state index is -0.584. The van der Waals surface area contributed by atoms with E-state index in [1.54, 1.807) is 13.0 Å². The Morgan fingerprint density at radius 2 is 1.91 bits per heavy atom. The molecule has 1 saturated heterocycles. The molecule has 7 heteroatoms. The predicted molar refractivity (Wildman–Crippen MR) is 127 cm³/mol. The van der Waals surface area contributed by atoms with E-state index in [2.05, 4.69) is 39.5 Å². The number of H-pyrrole nitrogens is 1. The monoisotopic (exact) mass is 451 g/mol. The third-order valence-electron chi connectivity index (χ3n) is 6.43. The molecule has 3 aromatic rings. The molecule has 0 spiro atoms. The first-order valence-electron chi connectivity index (χ1n) is 11.5. The zero-order chi connectivity index (χ0) is 23.4. The summed E-state index contributed by atoms with van der Waals surface area (Å²) < 4.78 is 19.0. The Labute approximate surface area is 193 Å². The normalized spacial score (nSPS) is 16.0. The van der Waals surface area contributed by atoms with E-state index in [4.69, 9.17) is 4.74 Å². The number of carbonyl (C=O) groups excluding carboxylic acids is 2. The third kappa shape index (κ3) is 5.25. The van der Waals surface area contributed by atoms with Gasteiger partial charge in [-0.3, -0.25) is 9.69 Å². The molecule has 1 aliphatic rings. The van der Waals surface area contributed by atoms with Gasteiger partial charge in [-0.25, -0.2) is 9.18 Å². The molecule has 6 nitrogen and oxygen atoms in total. The van der Waals surface area contributed by atoms with Crippen molar-refractivity contribution in [2.45, 2.75) is 39.2 Å². The maximum Gasteiger partial charge on any atom is 0.356 e.